The van der Waals surface area contributed by atoms with E-state index >= 15 is 0 Å². The molecule has 1 amide bonds. The third-order valence-corrected chi connectivity index (χ3v) is 5.68. The monoisotopic (exact) mass is 372 g/mol. The summed E-state index contributed by atoms with van der Waals surface area (Å²) in [5, 5.41) is 1.83. The molecule has 1 saturated carbocycles. The van der Waals surface area contributed by atoms with Crippen molar-refractivity contribution in [1.82, 2.24) is 19.9 Å². The van der Waals surface area contributed by atoms with Crippen molar-refractivity contribution in [3.05, 3.63) is 29.0 Å². The van der Waals surface area contributed by atoms with E-state index in [-0.39, 0.29) is 5.91 Å². The quantitative estimate of drug-likeness (QED) is 0.802. The third kappa shape index (κ3) is 3.51. The van der Waals surface area contributed by atoms with Gasteiger partial charge in [0.2, 0.25) is 0 Å². The molecule has 2 aromatic rings. The van der Waals surface area contributed by atoms with Crippen LogP contribution in [0.15, 0.2) is 23.3 Å². The summed E-state index contributed by atoms with van der Waals surface area (Å²) >= 11 is 1.47. The second-order valence-electron chi connectivity index (χ2n) is 7.16. The zero-order valence-corrected chi connectivity index (χ0v) is 16.0. The fourth-order valence-electron chi connectivity index (χ4n) is 3.58. The van der Waals surface area contributed by atoms with E-state index < -0.39 is 0 Å². The van der Waals surface area contributed by atoms with E-state index in [1.165, 1.54) is 24.2 Å². The summed E-state index contributed by atoms with van der Waals surface area (Å²) in [6, 6.07) is 3.07. The molecule has 0 aromatic carbocycles. The molecular weight excluding hydrogens is 348 g/mol. The van der Waals surface area contributed by atoms with Crippen LogP contribution in [0.5, 0.6) is 0 Å². The van der Waals surface area contributed by atoms with E-state index in [9.17, 15) is 4.79 Å². The minimum Gasteiger partial charge on any atom is -0.363 e. The Bertz CT molecular complexity index is 753. The lowest BCUT2D eigenvalue weighted by atomic mass is 10.0. The Morgan fingerprint density at radius 1 is 1.08 bits per heavy atom. The number of carbonyl (C=O) groups is 1. The van der Waals surface area contributed by atoms with Gasteiger partial charge in [0, 0.05) is 50.7 Å². The molecule has 138 valence electrons. The summed E-state index contributed by atoms with van der Waals surface area (Å²) in [6.45, 7) is 1.55. The number of carbonyl (C=O) groups excluding carboxylic acids is 1. The summed E-state index contributed by atoms with van der Waals surface area (Å²) in [5.74, 6) is 1.99. The van der Waals surface area contributed by atoms with Crippen LogP contribution in [0.3, 0.4) is 0 Å². The van der Waals surface area contributed by atoms with Crippen LogP contribution in [-0.4, -0.2) is 65.0 Å². The van der Waals surface area contributed by atoms with E-state index in [0.29, 0.717) is 17.8 Å². The van der Waals surface area contributed by atoms with Gasteiger partial charge in [-0.15, -0.1) is 11.3 Å². The van der Waals surface area contributed by atoms with Crippen LogP contribution in [0.1, 0.15) is 36.2 Å². The molecule has 0 spiro atoms. The van der Waals surface area contributed by atoms with E-state index in [0.717, 1.165) is 37.6 Å². The van der Waals surface area contributed by atoms with Gasteiger partial charge in [-0.05, 0) is 25.7 Å². The zero-order valence-electron chi connectivity index (χ0n) is 15.2. The number of nitrogens with zero attached hydrogens (tertiary/aromatic N) is 6. The second kappa shape index (κ2) is 7.19. The largest absolute Gasteiger partial charge is 0.363 e. The Morgan fingerprint density at radius 3 is 2.38 bits per heavy atom. The minimum absolute atomic E-state index is 0.0552. The molecule has 0 radical (unpaired) electrons. The second-order valence-corrected chi connectivity index (χ2v) is 7.88. The average Bonchev–Trinajstić information content (AvgIpc) is 3.33. The fourth-order valence-corrected chi connectivity index (χ4v) is 4.10. The van der Waals surface area contributed by atoms with E-state index in [2.05, 4.69) is 25.9 Å². The first-order chi connectivity index (χ1) is 12.6. The summed E-state index contributed by atoms with van der Waals surface area (Å²) in [6.07, 6.45) is 6.03. The van der Waals surface area contributed by atoms with Crippen molar-refractivity contribution in [1.29, 1.82) is 0 Å². The summed E-state index contributed by atoms with van der Waals surface area (Å²) in [4.78, 5) is 32.0. The predicted octanol–water partition coefficient (Wildman–Crippen LogP) is 2.27. The number of likely N-dealkylation sites (tertiary alicyclic amines) is 1. The van der Waals surface area contributed by atoms with Crippen LogP contribution in [0, 0.1) is 0 Å². The van der Waals surface area contributed by atoms with Crippen LogP contribution >= 0.6 is 11.3 Å². The van der Waals surface area contributed by atoms with E-state index in [1.54, 1.807) is 11.8 Å². The van der Waals surface area contributed by atoms with Crippen molar-refractivity contribution in [3.63, 3.8) is 0 Å². The number of amides is 1. The minimum atomic E-state index is 0.0552. The number of anilines is 2. The SMILES string of the molecule is CN(C)c1cc(N(C2CC2)C2CCN(C(=O)c3cscn3)CC2)ncn1. The molecule has 0 unspecified atom stereocenters. The number of aromatic nitrogens is 3. The van der Waals surface area contributed by atoms with Crippen LogP contribution in [0.4, 0.5) is 11.6 Å². The normalized spacial score (nSPS) is 18.0. The highest BCUT2D eigenvalue weighted by molar-refractivity contribution is 7.07. The van der Waals surface area contributed by atoms with Gasteiger partial charge in [-0.3, -0.25) is 4.79 Å². The van der Waals surface area contributed by atoms with Crippen LogP contribution in [-0.2, 0) is 0 Å². The molecule has 2 fully saturated rings. The van der Waals surface area contributed by atoms with Crippen molar-refractivity contribution in [2.75, 3.05) is 37.0 Å². The van der Waals surface area contributed by atoms with E-state index in [4.69, 9.17) is 0 Å². The molecule has 0 N–H and O–H groups in total. The molecule has 1 saturated heterocycles. The average molecular weight is 372 g/mol. The van der Waals surface area contributed by atoms with Gasteiger partial charge in [-0.1, -0.05) is 0 Å². The van der Waals surface area contributed by atoms with Crippen molar-refractivity contribution in [2.24, 2.45) is 0 Å². The highest BCUT2D eigenvalue weighted by Gasteiger charge is 2.37. The molecule has 1 aliphatic carbocycles. The molecule has 3 heterocycles. The predicted molar refractivity (Wildman–Crippen MR) is 103 cm³/mol. The molecular formula is C18H24N6OS. The fraction of sp³-hybridized carbons (Fsp3) is 0.556. The maximum atomic E-state index is 12.5. The summed E-state index contributed by atoms with van der Waals surface area (Å²) < 4.78 is 0. The van der Waals surface area contributed by atoms with Gasteiger partial charge in [-0.2, -0.15) is 0 Å². The molecule has 0 atom stereocenters. The van der Waals surface area contributed by atoms with E-state index in [1.807, 2.05) is 29.3 Å². The van der Waals surface area contributed by atoms with Crippen molar-refractivity contribution >= 4 is 28.9 Å². The van der Waals surface area contributed by atoms with Gasteiger partial charge < -0.3 is 14.7 Å². The lowest BCUT2D eigenvalue weighted by Crippen LogP contribution is -2.48. The number of piperidine rings is 1. The summed E-state index contributed by atoms with van der Waals surface area (Å²) in [7, 11) is 3.99. The van der Waals surface area contributed by atoms with Gasteiger partial charge in [0.25, 0.3) is 5.91 Å². The van der Waals surface area contributed by atoms with Crippen molar-refractivity contribution in [3.8, 4) is 0 Å². The Balaban J connectivity index is 1.46. The van der Waals surface area contributed by atoms with Gasteiger partial charge in [0.1, 0.15) is 23.7 Å². The first-order valence-corrected chi connectivity index (χ1v) is 10.0. The number of hydrogen-bond donors (Lipinski definition) is 0. The standard InChI is InChI=1S/C18H24N6OS/c1-22(2)16-9-17(20-11-19-16)24(13-3-4-13)14-5-7-23(8-6-14)18(25)15-10-26-12-21-15/h9-14H,3-8H2,1-2H3. The van der Waals surface area contributed by atoms with Crippen LogP contribution in [0.2, 0.25) is 0 Å². The molecule has 4 rings (SSSR count). The third-order valence-electron chi connectivity index (χ3n) is 5.10. The molecule has 26 heavy (non-hydrogen) atoms. The first-order valence-electron chi connectivity index (χ1n) is 9.08. The van der Waals surface area contributed by atoms with Crippen LogP contribution < -0.4 is 9.80 Å². The van der Waals surface area contributed by atoms with Crippen LogP contribution in [0.25, 0.3) is 0 Å². The molecule has 2 aliphatic rings. The molecule has 8 heteroatoms. The Labute approximate surface area is 157 Å². The Kier molecular flexibility index (Phi) is 4.76. The molecule has 0 bridgehead atoms. The van der Waals surface area contributed by atoms with Gasteiger partial charge in [-0.25, -0.2) is 15.0 Å². The molecule has 1 aliphatic heterocycles. The summed E-state index contributed by atoms with van der Waals surface area (Å²) in [5.41, 5.74) is 2.28. The lowest BCUT2D eigenvalue weighted by molar-refractivity contribution is 0.0706. The zero-order chi connectivity index (χ0) is 18.1. The van der Waals surface area contributed by atoms with Gasteiger partial charge in [0.05, 0.1) is 5.51 Å². The number of hydrogen-bond acceptors (Lipinski definition) is 7. The Morgan fingerprint density at radius 2 is 1.77 bits per heavy atom. The maximum Gasteiger partial charge on any atom is 0.273 e. The number of thiazole rings is 1. The molecule has 2 aromatic heterocycles. The topological polar surface area (TPSA) is 65.5 Å². The molecule has 7 nitrogen and oxygen atoms in total. The van der Waals surface area contributed by atoms with Crippen molar-refractivity contribution in [2.45, 2.75) is 37.8 Å². The van der Waals surface area contributed by atoms with Gasteiger partial charge in [0.15, 0.2) is 0 Å². The van der Waals surface area contributed by atoms with Gasteiger partial charge >= 0.3 is 0 Å². The number of rotatable bonds is 5. The lowest BCUT2D eigenvalue weighted by Gasteiger charge is -2.39. The smallest absolute Gasteiger partial charge is 0.273 e. The highest BCUT2D eigenvalue weighted by atomic mass is 32.1. The first kappa shape index (κ1) is 17.2. The highest BCUT2D eigenvalue weighted by Crippen LogP contribution is 2.36. The maximum absolute atomic E-state index is 12.5. The van der Waals surface area contributed by atoms with Crippen molar-refractivity contribution < 1.29 is 4.79 Å². The Hall–Kier alpha value is -2.22.